The fraction of sp³-hybridized carbons (Fsp3) is 0.267. The molecule has 0 saturated heterocycles. The molecular weight excluding hydrogens is 240 g/mol. The largest absolute Gasteiger partial charge is 0.477 e. The number of aryl methyl sites for hydroxylation is 2. The Hall–Kier alpha value is -2.23. The molecule has 0 spiro atoms. The Labute approximate surface area is 111 Å². The van der Waals surface area contributed by atoms with Crippen molar-refractivity contribution in [1.82, 2.24) is 9.97 Å². The highest BCUT2D eigenvalue weighted by molar-refractivity contribution is 5.85. The number of carboxylic acid groups (broad SMARTS) is 1. The van der Waals surface area contributed by atoms with Gasteiger partial charge in [-0.15, -0.1) is 0 Å². The van der Waals surface area contributed by atoms with Gasteiger partial charge in [0, 0.05) is 11.6 Å². The van der Waals surface area contributed by atoms with Crippen LogP contribution in [0.15, 0.2) is 30.3 Å². The quantitative estimate of drug-likeness (QED) is 0.894. The molecule has 0 aliphatic heterocycles. The summed E-state index contributed by atoms with van der Waals surface area (Å²) in [4.78, 5) is 19.7. The van der Waals surface area contributed by atoms with Gasteiger partial charge < -0.3 is 5.11 Å². The molecule has 1 atom stereocenters. The molecule has 1 aromatic heterocycles. The fourth-order valence-corrected chi connectivity index (χ4v) is 2.68. The third kappa shape index (κ3) is 2.10. The number of nitrogens with zero attached hydrogens (tertiary/aromatic N) is 2. The van der Waals surface area contributed by atoms with Crippen LogP contribution in [0, 0.1) is 6.92 Å². The summed E-state index contributed by atoms with van der Waals surface area (Å²) in [5.41, 5.74) is 3.32. The molecule has 19 heavy (non-hydrogen) atoms. The molecule has 0 fully saturated rings. The zero-order valence-electron chi connectivity index (χ0n) is 10.6. The molecule has 4 nitrogen and oxygen atoms in total. The van der Waals surface area contributed by atoms with Gasteiger partial charge in [-0.3, -0.25) is 0 Å². The van der Waals surface area contributed by atoms with E-state index in [2.05, 4.69) is 22.1 Å². The molecule has 2 aromatic rings. The van der Waals surface area contributed by atoms with Crippen LogP contribution in [-0.4, -0.2) is 21.0 Å². The maximum atomic E-state index is 11.1. The highest BCUT2D eigenvalue weighted by atomic mass is 16.4. The lowest BCUT2D eigenvalue weighted by molar-refractivity contribution is 0.0689. The Bertz CT molecular complexity index is 652. The molecule has 96 valence electrons. The second kappa shape index (κ2) is 4.46. The van der Waals surface area contributed by atoms with Gasteiger partial charge in [-0.2, -0.15) is 0 Å². The lowest BCUT2D eigenvalue weighted by Crippen LogP contribution is -2.10. The van der Waals surface area contributed by atoms with Gasteiger partial charge in [-0.25, -0.2) is 14.8 Å². The Morgan fingerprint density at radius 3 is 2.89 bits per heavy atom. The molecule has 1 aliphatic carbocycles. The summed E-state index contributed by atoms with van der Waals surface area (Å²) in [5, 5.41) is 9.08. The van der Waals surface area contributed by atoms with Crippen LogP contribution in [0.25, 0.3) is 0 Å². The van der Waals surface area contributed by atoms with Crippen molar-refractivity contribution in [3.8, 4) is 0 Å². The summed E-state index contributed by atoms with van der Waals surface area (Å²) in [6.45, 7) is 1.80. The van der Waals surface area contributed by atoms with E-state index in [1.54, 1.807) is 6.92 Å². The first-order valence-corrected chi connectivity index (χ1v) is 6.32. The van der Waals surface area contributed by atoms with Crippen LogP contribution in [0.1, 0.15) is 45.5 Å². The monoisotopic (exact) mass is 254 g/mol. The van der Waals surface area contributed by atoms with E-state index in [9.17, 15) is 4.79 Å². The minimum atomic E-state index is -1.00. The van der Waals surface area contributed by atoms with E-state index < -0.39 is 5.97 Å². The second-order valence-corrected chi connectivity index (χ2v) is 4.85. The number of aromatic nitrogens is 2. The van der Waals surface area contributed by atoms with Crippen molar-refractivity contribution in [2.75, 3.05) is 0 Å². The smallest absolute Gasteiger partial charge is 0.354 e. The lowest BCUT2D eigenvalue weighted by atomic mass is 10.0. The molecule has 1 heterocycles. The Kier molecular flexibility index (Phi) is 2.78. The number of carbonyl (C=O) groups is 1. The Morgan fingerprint density at radius 1 is 1.32 bits per heavy atom. The van der Waals surface area contributed by atoms with Crippen LogP contribution >= 0.6 is 0 Å². The van der Waals surface area contributed by atoms with E-state index in [1.807, 2.05) is 12.1 Å². The van der Waals surface area contributed by atoms with Gasteiger partial charge in [-0.1, -0.05) is 24.3 Å². The van der Waals surface area contributed by atoms with Crippen LogP contribution in [-0.2, 0) is 6.42 Å². The summed E-state index contributed by atoms with van der Waals surface area (Å²) >= 11 is 0. The van der Waals surface area contributed by atoms with Crippen molar-refractivity contribution >= 4 is 5.97 Å². The third-order valence-electron chi connectivity index (χ3n) is 3.54. The molecule has 0 saturated carbocycles. The van der Waals surface area contributed by atoms with Crippen molar-refractivity contribution in [3.05, 3.63) is 58.7 Å². The van der Waals surface area contributed by atoms with E-state index in [1.165, 1.54) is 17.2 Å². The normalized spacial score (nSPS) is 17.2. The summed E-state index contributed by atoms with van der Waals surface area (Å²) in [6.07, 6.45) is 1.95. The molecule has 0 radical (unpaired) electrons. The number of aromatic carboxylic acids is 1. The van der Waals surface area contributed by atoms with Crippen LogP contribution in [0.3, 0.4) is 0 Å². The lowest BCUT2D eigenvalue weighted by Gasteiger charge is -2.11. The van der Waals surface area contributed by atoms with Crippen molar-refractivity contribution in [2.45, 2.75) is 25.7 Å². The molecule has 1 unspecified atom stereocenters. The molecule has 1 aliphatic rings. The summed E-state index contributed by atoms with van der Waals surface area (Å²) in [6, 6.07) is 9.74. The first-order valence-electron chi connectivity index (χ1n) is 6.32. The van der Waals surface area contributed by atoms with Gasteiger partial charge in [0.15, 0.2) is 5.69 Å². The summed E-state index contributed by atoms with van der Waals surface area (Å²) < 4.78 is 0. The minimum Gasteiger partial charge on any atom is -0.477 e. The van der Waals surface area contributed by atoms with E-state index in [0.717, 1.165) is 12.8 Å². The number of benzene rings is 1. The maximum absolute atomic E-state index is 11.1. The van der Waals surface area contributed by atoms with Crippen molar-refractivity contribution in [2.24, 2.45) is 0 Å². The van der Waals surface area contributed by atoms with E-state index in [0.29, 0.717) is 11.5 Å². The van der Waals surface area contributed by atoms with Crippen molar-refractivity contribution in [3.63, 3.8) is 0 Å². The average Bonchev–Trinajstić information content (AvgIpc) is 2.81. The zero-order chi connectivity index (χ0) is 13.4. The van der Waals surface area contributed by atoms with E-state index in [4.69, 9.17) is 5.11 Å². The Morgan fingerprint density at radius 2 is 2.11 bits per heavy atom. The Balaban J connectivity index is 2.07. The molecule has 0 amide bonds. The number of hydrogen-bond acceptors (Lipinski definition) is 3. The van der Waals surface area contributed by atoms with Crippen LogP contribution in [0.5, 0.6) is 0 Å². The van der Waals surface area contributed by atoms with Gasteiger partial charge in [0.25, 0.3) is 0 Å². The molecule has 4 heteroatoms. The number of carboxylic acids is 1. The fourth-order valence-electron chi connectivity index (χ4n) is 2.68. The highest BCUT2D eigenvalue weighted by Gasteiger charge is 2.26. The number of hydrogen-bond donors (Lipinski definition) is 1. The van der Waals surface area contributed by atoms with Gasteiger partial charge in [0.1, 0.15) is 5.82 Å². The van der Waals surface area contributed by atoms with Gasteiger partial charge >= 0.3 is 5.97 Å². The van der Waals surface area contributed by atoms with Crippen LogP contribution < -0.4 is 0 Å². The van der Waals surface area contributed by atoms with E-state index in [-0.39, 0.29) is 11.6 Å². The predicted octanol–water partition coefficient (Wildman–Crippen LogP) is 2.56. The van der Waals surface area contributed by atoms with Crippen molar-refractivity contribution in [1.29, 1.82) is 0 Å². The van der Waals surface area contributed by atoms with Crippen LogP contribution in [0.2, 0.25) is 0 Å². The molecule has 0 bridgehead atoms. The SMILES string of the molecule is Cc1cc(C(=O)O)nc(C2CCc3ccccc32)n1. The van der Waals surface area contributed by atoms with Crippen LogP contribution in [0.4, 0.5) is 0 Å². The van der Waals surface area contributed by atoms with Gasteiger partial charge in [0.05, 0.1) is 0 Å². The zero-order valence-corrected chi connectivity index (χ0v) is 10.6. The molecule has 3 rings (SSSR count). The number of fused-ring (bicyclic) bond motifs is 1. The first-order chi connectivity index (χ1) is 9.15. The topological polar surface area (TPSA) is 63.1 Å². The minimum absolute atomic E-state index is 0.0758. The standard InChI is InChI=1S/C15H14N2O2/c1-9-8-13(15(18)19)17-14(16-9)12-7-6-10-4-2-3-5-11(10)12/h2-5,8,12H,6-7H2,1H3,(H,18,19). The van der Waals surface area contributed by atoms with Crippen molar-refractivity contribution < 1.29 is 9.90 Å². The second-order valence-electron chi connectivity index (χ2n) is 4.85. The molecule has 1 N–H and O–H groups in total. The average molecular weight is 254 g/mol. The highest BCUT2D eigenvalue weighted by Crippen LogP contribution is 2.36. The van der Waals surface area contributed by atoms with E-state index >= 15 is 0 Å². The first kappa shape index (κ1) is 11.8. The summed E-state index contributed by atoms with van der Waals surface area (Å²) in [7, 11) is 0. The summed E-state index contributed by atoms with van der Waals surface area (Å²) in [5.74, 6) is -0.255. The molecule has 1 aromatic carbocycles. The molecular formula is C15H14N2O2. The predicted molar refractivity (Wildman–Crippen MR) is 70.3 cm³/mol. The third-order valence-corrected chi connectivity index (χ3v) is 3.54. The van der Waals surface area contributed by atoms with Gasteiger partial charge in [0.2, 0.25) is 0 Å². The maximum Gasteiger partial charge on any atom is 0.354 e. The van der Waals surface area contributed by atoms with Gasteiger partial charge in [-0.05, 0) is 37.0 Å². The number of rotatable bonds is 2.